The topological polar surface area (TPSA) is 34.1 Å². The fourth-order valence-electron chi connectivity index (χ4n) is 5.34. The van der Waals surface area contributed by atoms with Crippen molar-refractivity contribution in [2.45, 2.75) is 50.6 Å². The molecule has 2 aromatic carbocycles. The summed E-state index contributed by atoms with van der Waals surface area (Å²) in [4.78, 5) is 24.4. The minimum Gasteiger partial charge on any atom is -0.302 e. The molecule has 1 unspecified atom stereocenters. The van der Waals surface area contributed by atoms with Gasteiger partial charge in [0.05, 0.1) is 5.41 Å². The normalized spacial score (nSPS) is 19.9. The summed E-state index contributed by atoms with van der Waals surface area (Å²) >= 11 is 0. The highest BCUT2D eigenvalue weighted by atomic mass is 28.3. The summed E-state index contributed by atoms with van der Waals surface area (Å²) in [6.07, 6.45) is 4.46. The molecular weight excluding hydrogens is 336 g/mol. The molecule has 0 aromatic heterocycles. The summed E-state index contributed by atoms with van der Waals surface area (Å²) in [5.41, 5.74) is -0.777. The van der Waals surface area contributed by atoms with E-state index in [1.807, 2.05) is 12.1 Å². The molecule has 1 aliphatic carbocycles. The summed E-state index contributed by atoms with van der Waals surface area (Å²) in [5, 5.41) is 2.60. The molecule has 3 rings (SSSR count). The van der Waals surface area contributed by atoms with Crippen molar-refractivity contribution in [3.8, 4) is 0 Å². The number of hydrogen-bond donors (Lipinski definition) is 0. The highest BCUT2D eigenvalue weighted by Crippen LogP contribution is 2.56. The monoisotopic (exact) mass is 364 g/mol. The van der Waals surface area contributed by atoms with Crippen molar-refractivity contribution >= 4 is 31.0 Å². The maximum atomic E-state index is 12.2. The lowest BCUT2D eigenvalue weighted by atomic mass is 9.90. The first-order chi connectivity index (χ1) is 12.4. The molecule has 0 bridgehead atoms. The molecule has 0 N–H and O–H groups in total. The second kappa shape index (κ2) is 6.96. The van der Waals surface area contributed by atoms with Gasteiger partial charge in [-0.25, -0.2) is 0 Å². The van der Waals surface area contributed by atoms with Gasteiger partial charge in [-0.15, -0.1) is 0 Å². The minimum absolute atomic E-state index is 0.0397. The Kier molecular flexibility index (Phi) is 5.02. The lowest BCUT2D eigenvalue weighted by Gasteiger charge is -2.51. The van der Waals surface area contributed by atoms with Crippen LogP contribution in [0.2, 0.25) is 10.6 Å². The Morgan fingerprint density at radius 1 is 0.885 bits per heavy atom. The SMILES string of the molecule is CC(C)(C)[Si](c1ccccc1)(c1ccccc1)C1CCCC1(C=O)C=O. The van der Waals surface area contributed by atoms with Crippen LogP contribution in [-0.4, -0.2) is 20.6 Å². The molecule has 26 heavy (non-hydrogen) atoms. The Hall–Kier alpha value is -2.00. The van der Waals surface area contributed by atoms with E-state index in [0.717, 1.165) is 25.4 Å². The van der Waals surface area contributed by atoms with Crippen LogP contribution in [0.3, 0.4) is 0 Å². The first-order valence-electron chi connectivity index (χ1n) is 9.46. The Balaban J connectivity index is 2.39. The van der Waals surface area contributed by atoms with Crippen LogP contribution < -0.4 is 10.4 Å². The van der Waals surface area contributed by atoms with Crippen LogP contribution in [0.25, 0.3) is 0 Å². The van der Waals surface area contributed by atoms with Gasteiger partial charge in [-0.3, -0.25) is 0 Å². The van der Waals surface area contributed by atoms with E-state index >= 15 is 0 Å². The lowest BCUT2D eigenvalue weighted by Crippen LogP contribution is -2.69. The Bertz CT molecular complexity index is 714. The Morgan fingerprint density at radius 2 is 1.35 bits per heavy atom. The van der Waals surface area contributed by atoms with E-state index in [2.05, 4.69) is 69.3 Å². The molecule has 0 amide bonds. The summed E-state index contributed by atoms with van der Waals surface area (Å²) in [6.45, 7) is 6.87. The van der Waals surface area contributed by atoms with Crippen molar-refractivity contribution in [1.82, 2.24) is 0 Å². The van der Waals surface area contributed by atoms with Crippen LogP contribution in [0.5, 0.6) is 0 Å². The largest absolute Gasteiger partial charge is 0.302 e. The van der Waals surface area contributed by atoms with E-state index in [-0.39, 0.29) is 10.6 Å². The molecule has 0 heterocycles. The summed E-state index contributed by atoms with van der Waals surface area (Å²) in [5.74, 6) is 0. The van der Waals surface area contributed by atoms with Crippen molar-refractivity contribution in [2.24, 2.45) is 5.41 Å². The second-order valence-corrected chi connectivity index (χ2v) is 13.6. The molecule has 1 fully saturated rings. The third-order valence-corrected chi connectivity index (χ3v) is 13.1. The van der Waals surface area contributed by atoms with Gasteiger partial charge in [0, 0.05) is 0 Å². The Labute approximate surface area is 157 Å². The maximum Gasteiger partial charge on any atom is 0.133 e. The van der Waals surface area contributed by atoms with Gasteiger partial charge < -0.3 is 9.59 Å². The van der Waals surface area contributed by atoms with Crippen LogP contribution >= 0.6 is 0 Å². The van der Waals surface area contributed by atoms with Crippen LogP contribution in [0.1, 0.15) is 40.0 Å². The smallest absolute Gasteiger partial charge is 0.133 e. The molecule has 0 saturated heterocycles. The molecule has 2 aromatic rings. The molecule has 2 nitrogen and oxygen atoms in total. The van der Waals surface area contributed by atoms with E-state index in [9.17, 15) is 9.59 Å². The van der Waals surface area contributed by atoms with Crippen LogP contribution in [0.15, 0.2) is 60.7 Å². The number of aldehydes is 2. The van der Waals surface area contributed by atoms with Crippen molar-refractivity contribution in [2.75, 3.05) is 0 Å². The van der Waals surface area contributed by atoms with Gasteiger partial charge in [0.1, 0.15) is 20.6 Å². The standard InChI is InChI=1S/C23H28O2Si/c1-22(2,3)26(19-11-6-4-7-12-19,20-13-8-5-9-14-20)21-15-10-16-23(21,17-24)18-25/h4-9,11-14,17-18,21H,10,15-16H2,1-3H3. The predicted octanol–water partition coefficient (Wildman–Crippen LogP) is 3.99. The summed E-state index contributed by atoms with van der Waals surface area (Å²) < 4.78 is 0. The predicted molar refractivity (Wildman–Crippen MR) is 110 cm³/mol. The van der Waals surface area contributed by atoms with E-state index in [0.29, 0.717) is 6.42 Å². The first-order valence-corrected chi connectivity index (χ1v) is 11.5. The van der Waals surface area contributed by atoms with Crippen LogP contribution in [0, 0.1) is 5.41 Å². The van der Waals surface area contributed by atoms with E-state index in [4.69, 9.17) is 0 Å². The van der Waals surface area contributed by atoms with Crippen molar-refractivity contribution < 1.29 is 9.59 Å². The van der Waals surface area contributed by atoms with Gasteiger partial charge in [0.2, 0.25) is 0 Å². The fourth-order valence-corrected chi connectivity index (χ4v) is 12.4. The summed E-state index contributed by atoms with van der Waals surface area (Å²) in [6, 6.07) is 21.3. The number of carbonyl (C=O) groups is 2. The summed E-state index contributed by atoms with van der Waals surface area (Å²) in [7, 11) is -2.46. The molecule has 0 aliphatic heterocycles. The zero-order valence-electron chi connectivity index (χ0n) is 15.9. The average Bonchev–Trinajstić information content (AvgIpc) is 3.08. The lowest BCUT2D eigenvalue weighted by molar-refractivity contribution is -0.125. The van der Waals surface area contributed by atoms with E-state index < -0.39 is 13.5 Å². The molecule has 0 radical (unpaired) electrons. The first kappa shape index (κ1) is 18.8. The Morgan fingerprint density at radius 3 is 1.73 bits per heavy atom. The molecule has 1 saturated carbocycles. The van der Waals surface area contributed by atoms with Gasteiger partial charge in [-0.1, -0.05) is 105 Å². The molecule has 1 aliphatic rings. The zero-order chi connectivity index (χ0) is 18.8. The van der Waals surface area contributed by atoms with Crippen LogP contribution in [-0.2, 0) is 9.59 Å². The van der Waals surface area contributed by atoms with Gasteiger partial charge >= 0.3 is 0 Å². The highest BCUT2D eigenvalue weighted by Gasteiger charge is 2.61. The fraction of sp³-hybridized carbons (Fsp3) is 0.391. The quantitative estimate of drug-likeness (QED) is 0.457. The maximum absolute atomic E-state index is 12.2. The molecule has 0 spiro atoms. The molecule has 136 valence electrons. The second-order valence-electron chi connectivity index (χ2n) is 8.58. The van der Waals surface area contributed by atoms with Crippen molar-refractivity contribution in [3.05, 3.63) is 60.7 Å². The third-order valence-electron chi connectivity index (χ3n) is 6.35. The molecule has 1 atom stereocenters. The van der Waals surface area contributed by atoms with Gasteiger partial charge in [0.15, 0.2) is 0 Å². The number of carbonyl (C=O) groups excluding carboxylic acids is 2. The van der Waals surface area contributed by atoms with Gasteiger partial charge in [-0.2, -0.15) is 0 Å². The minimum atomic E-state index is -2.46. The van der Waals surface area contributed by atoms with Crippen molar-refractivity contribution in [1.29, 1.82) is 0 Å². The zero-order valence-corrected chi connectivity index (χ0v) is 16.9. The number of benzene rings is 2. The van der Waals surface area contributed by atoms with Crippen molar-refractivity contribution in [3.63, 3.8) is 0 Å². The average molecular weight is 365 g/mol. The van der Waals surface area contributed by atoms with E-state index in [1.54, 1.807) is 0 Å². The van der Waals surface area contributed by atoms with Gasteiger partial charge in [0.25, 0.3) is 0 Å². The molecular formula is C23H28O2Si. The third kappa shape index (κ3) is 2.69. The number of rotatable bonds is 5. The van der Waals surface area contributed by atoms with E-state index in [1.165, 1.54) is 10.4 Å². The molecule has 3 heteroatoms. The van der Waals surface area contributed by atoms with Crippen LogP contribution in [0.4, 0.5) is 0 Å². The highest BCUT2D eigenvalue weighted by molar-refractivity contribution is 7.05. The number of hydrogen-bond acceptors (Lipinski definition) is 2. The van der Waals surface area contributed by atoms with Gasteiger partial charge in [-0.05, 0) is 17.0 Å².